The van der Waals surface area contributed by atoms with Crippen molar-refractivity contribution in [1.82, 2.24) is 4.90 Å². The Kier molecular flexibility index (Phi) is 5.95. The molecule has 0 spiro atoms. The van der Waals surface area contributed by atoms with Crippen molar-refractivity contribution in [2.75, 3.05) is 19.7 Å². The average molecular weight is 301 g/mol. The molecule has 21 heavy (non-hydrogen) atoms. The van der Waals surface area contributed by atoms with Crippen LogP contribution in [0.4, 0.5) is 13.2 Å². The first-order valence-corrected chi connectivity index (χ1v) is 6.11. The van der Waals surface area contributed by atoms with E-state index in [1.54, 1.807) is 6.92 Å². The van der Waals surface area contributed by atoms with Crippen LogP contribution in [0.2, 0.25) is 0 Å². The summed E-state index contributed by atoms with van der Waals surface area (Å²) >= 11 is 0. The number of ether oxygens (including phenoxy) is 1. The van der Waals surface area contributed by atoms with Gasteiger partial charge >= 0.3 is 5.97 Å². The van der Waals surface area contributed by atoms with Gasteiger partial charge in [0.1, 0.15) is 6.54 Å². The first-order chi connectivity index (χ1) is 9.92. The lowest BCUT2D eigenvalue weighted by molar-refractivity contribution is -0.143. The fourth-order valence-corrected chi connectivity index (χ4v) is 1.60. The Morgan fingerprint density at radius 1 is 1.29 bits per heavy atom. The van der Waals surface area contributed by atoms with Crippen molar-refractivity contribution in [3.05, 3.63) is 47.8 Å². The second-order valence-corrected chi connectivity index (χ2v) is 4.00. The minimum absolute atomic E-state index is 0.0733. The Bertz CT molecular complexity index is 561. The summed E-state index contributed by atoms with van der Waals surface area (Å²) in [5, 5.41) is 0. The van der Waals surface area contributed by atoms with Gasteiger partial charge in [-0.2, -0.15) is 0 Å². The first kappa shape index (κ1) is 16.7. The molecule has 0 unspecified atom stereocenters. The highest BCUT2D eigenvalue weighted by Gasteiger charge is 2.24. The fraction of sp³-hybridized carbons (Fsp3) is 0.286. The molecular weight excluding hydrogens is 287 g/mol. The Balaban J connectivity index is 3.03. The molecule has 0 heterocycles. The van der Waals surface area contributed by atoms with E-state index < -0.39 is 41.4 Å². The molecule has 0 atom stereocenters. The number of rotatable bonds is 6. The smallest absolute Gasteiger partial charge is 0.325 e. The molecular formula is C14H14F3NO3. The highest BCUT2D eigenvalue weighted by molar-refractivity contribution is 5.96. The Hall–Kier alpha value is -2.31. The summed E-state index contributed by atoms with van der Waals surface area (Å²) in [5.41, 5.74) is -0.667. The monoisotopic (exact) mass is 301 g/mol. The Labute approximate surface area is 119 Å². The normalized spacial score (nSPS) is 10.1. The third-order valence-corrected chi connectivity index (χ3v) is 2.53. The average Bonchev–Trinajstić information content (AvgIpc) is 2.44. The van der Waals surface area contributed by atoms with Crippen molar-refractivity contribution in [3.8, 4) is 0 Å². The van der Waals surface area contributed by atoms with Crippen LogP contribution in [0.25, 0.3) is 0 Å². The van der Waals surface area contributed by atoms with Gasteiger partial charge < -0.3 is 9.64 Å². The van der Waals surface area contributed by atoms with Crippen molar-refractivity contribution in [2.45, 2.75) is 6.92 Å². The number of hydrogen-bond acceptors (Lipinski definition) is 3. The molecule has 0 aromatic heterocycles. The zero-order chi connectivity index (χ0) is 16.0. The number of amides is 1. The standard InChI is InChI=1S/C14H14F3NO3/c1-3-7-18(8-11(19)21-4-2)14(20)9-5-6-10(15)13(17)12(9)16/h3,5-6H,1,4,7-8H2,2H3. The van der Waals surface area contributed by atoms with E-state index >= 15 is 0 Å². The molecule has 0 aliphatic carbocycles. The lowest BCUT2D eigenvalue weighted by atomic mass is 10.1. The molecule has 4 nitrogen and oxygen atoms in total. The second kappa shape index (κ2) is 7.47. The van der Waals surface area contributed by atoms with Crippen LogP contribution in [0.3, 0.4) is 0 Å². The molecule has 0 bridgehead atoms. The molecule has 0 aliphatic heterocycles. The van der Waals surface area contributed by atoms with Crippen molar-refractivity contribution < 1.29 is 27.5 Å². The van der Waals surface area contributed by atoms with E-state index in [4.69, 9.17) is 0 Å². The van der Waals surface area contributed by atoms with Crippen LogP contribution < -0.4 is 0 Å². The third-order valence-electron chi connectivity index (χ3n) is 2.53. The van der Waals surface area contributed by atoms with Crippen molar-refractivity contribution in [3.63, 3.8) is 0 Å². The maximum absolute atomic E-state index is 13.6. The molecule has 114 valence electrons. The fourth-order valence-electron chi connectivity index (χ4n) is 1.60. The van der Waals surface area contributed by atoms with E-state index in [0.29, 0.717) is 6.07 Å². The van der Waals surface area contributed by atoms with Crippen LogP contribution >= 0.6 is 0 Å². The summed E-state index contributed by atoms with van der Waals surface area (Å²) in [4.78, 5) is 24.4. The summed E-state index contributed by atoms with van der Waals surface area (Å²) in [6, 6.07) is 1.46. The molecule has 1 aromatic rings. The van der Waals surface area contributed by atoms with E-state index in [2.05, 4.69) is 11.3 Å². The predicted octanol–water partition coefficient (Wildman–Crippen LogP) is 2.30. The van der Waals surface area contributed by atoms with Crippen LogP contribution in [-0.2, 0) is 9.53 Å². The van der Waals surface area contributed by atoms with Gasteiger partial charge in [0, 0.05) is 6.54 Å². The summed E-state index contributed by atoms with van der Waals surface area (Å²) in [6.07, 6.45) is 1.31. The van der Waals surface area contributed by atoms with Gasteiger partial charge in [-0.3, -0.25) is 9.59 Å². The van der Waals surface area contributed by atoms with Gasteiger partial charge in [-0.15, -0.1) is 6.58 Å². The van der Waals surface area contributed by atoms with Crippen LogP contribution in [0.5, 0.6) is 0 Å². The number of carbonyl (C=O) groups excluding carboxylic acids is 2. The zero-order valence-electron chi connectivity index (χ0n) is 11.4. The van der Waals surface area contributed by atoms with Crippen molar-refractivity contribution >= 4 is 11.9 Å². The van der Waals surface area contributed by atoms with E-state index in [9.17, 15) is 22.8 Å². The molecule has 1 aromatic carbocycles. The largest absolute Gasteiger partial charge is 0.465 e. The number of hydrogen-bond donors (Lipinski definition) is 0. The molecule has 0 aliphatic rings. The molecule has 1 rings (SSSR count). The zero-order valence-corrected chi connectivity index (χ0v) is 11.4. The quantitative estimate of drug-likeness (QED) is 0.460. The molecule has 7 heteroatoms. The van der Waals surface area contributed by atoms with Gasteiger partial charge in [0.25, 0.3) is 5.91 Å². The Morgan fingerprint density at radius 3 is 2.52 bits per heavy atom. The summed E-state index contributed by atoms with van der Waals surface area (Å²) in [5.74, 6) is -6.40. The molecule has 0 N–H and O–H groups in total. The summed E-state index contributed by atoms with van der Waals surface area (Å²) in [7, 11) is 0. The molecule has 0 saturated heterocycles. The molecule has 1 amide bonds. The first-order valence-electron chi connectivity index (χ1n) is 6.11. The SMILES string of the molecule is C=CCN(CC(=O)OCC)C(=O)c1ccc(F)c(F)c1F. The van der Waals surface area contributed by atoms with Gasteiger partial charge in [-0.25, -0.2) is 13.2 Å². The predicted molar refractivity (Wildman–Crippen MR) is 69.0 cm³/mol. The molecule has 0 fully saturated rings. The van der Waals surface area contributed by atoms with Gasteiger partial charge in [0.15, 0.2) is 17.5 Å². The van der Waals surface area contributed by atoms with Crippen LogP contribution in [0, 0.1) is 17.5 Å². The van der Waals surface area contributed by atoms with E-state index in [1.807, 2.05) is 0 Å². The lowest BCUT2D eigenvalue weighted by Gasteiger charge is -2.20. The minimum atomic E-state index is -1.74. The van der Waals surface area contributed by atoms with Crippen molar-refractivity contribution in [2.24, 2.45) is 0 Å². The van der Waals surface area contributed by atoms with Gasteiger partial charge in [-0.1, -0.05) is 6.08 Å². The summed E-state index contributed by atoms with van der Waals surface area (Å²) < 4.78 is 44.3. The molecule has 0 radical (unpaired) electrons. The maximum atomic E-state index is 13.6. The summed E-state index contributed by atoms with van der Waals surface area (Å²) in [6.45, 7) is 4.60. The van der Waals surface area contributed by atoms with Crippen molar-refractivity contribution in [1.29, 1.82) is 0 Å². The number of benzene rings is 1. The third kappa shape index (κ3) is 4.08. The van der Waals surface area contributed by atoms with E-state index in [0.717, 1.165) is 11.0 Å². The lowest BCUT2D eigenvalue weighted by Crippen LogP contribution is -2.37. The minimum Gasteiger partial charge on any atom is -0.465 e. The Morgan fingerprint density at radius 2 is 1.95 bits per heavy atom. The van der Waals surface area contributed by atoms with E-state index in [1.165, 1.54) is 6.08 Å². The van der Waals surface area contributed by atoms with Gasteiger partial charge in [-0.05, 0) is 19.1 Å². The van der Waals surface area contributed by atoms with Gasteiger partial charge in [0.05, 0.1) is 12.2 Å². The van der Waals surface area contributed by atoms with E-state index in [-0.39, 0.29) is 13.2 Å². The highest BCUT2D eigenvalue weighted by Crippen LogP contribution is 2.17. The topological polar surface area (TPSA) is 46.6 Å². The number of carbonyl (C=O) groups is 2. The number of esters is 1. The highest BCUT2D eigenvalue weighted by atomic mass is 19.2. The van der Waals surface area contributed by atoms with Crippen LogP contribution in [0.15, 0.2) is 24.8 Å². The second-order valence-electron chi connectivity index (χ2n) is 4.00. The number of halogens is 3. The number of nitrogens with zero attached hydrogens (tertiary/aromatic N) is 1. The van der Waals surface area contributed by atoms with Crippen LogP contribution in [-0.4, -0.2) is 36.5 Å². The van der Waals surface area contributed by atoms with Crippen LogP contribution in [0.1, 0.15) is 17.3 Å². The maximum Gasteiger partial charge on any atom is 0.325 e. The van der Waals surface area contributed by atoms with Gasteiger partial charge in [0.2, 0.25) is 0 Å². The molecule has 0 saturated carbocycles.